The summed E-state index contributed by atoms with van der Waals surface area (Å²) in [6, 6.07) is 14.3. The molecule has 0 spiro atoms. The summed E-state index contributed by atoms with van der Waals surface area (Å²) in [5.41, 5.74) is 3.18. The summed E-state index contributed by atoms with van der Waals surface area (Å²) in [4.78, 5) is 9.45. The minimum absolute atomic E-state index is 0.732. The zero-order valence-electron chi connectivity index (χ0n) is 13.3. The van der Waals surface area contributed by atoms with Gasteiger partial charge in [0.15, 0.2) is 0 Å². The molecule has 0 atom stereocenters. The summed E-state index contributed by atoms with van der Waals surface area (Å²) in [6.07, 6.45) is 0. The Hall–Kier alpha value is -1.33. The van der Waals surface area contributed by atoms with Gasteiger partial charge in [-0.25, -0.2) is 0 Å². The number of halogens is 1. The third-order valence-corrected chi connectivity index (χ3v) is 5.00. The van der Waals surface area contributed by atoms with Crippen molar-refractivity contribution < 1.29 is 0 Å². The molecule has 5 heteroatoms. The lowest BCUT2D eigenvalue weighted by atomic mass is 10.1. The summed E-state index contributed by atoms with van der Waals surface area (Å²) in [7, 11) is 4.15. The van der Waals surface area contributed by atoms with Gasteiger partial charge in [-0.15, -0.1) is 0 Å². The first-order valence-electron chi connectivity index (χ1n) is 7.63. The minimum Gasteiger partial charge on any atom is -0.310 e. The molecule has 0 amide bonds. The second kappa shape index (κ2) is 7.49. The van der Waals surface area contributed by atoms with Crippen LogP contribution in [-0.4, -0.2) is 44.3 Å². The van der Waals surface area contributed by atoms with Gasteiger partial charge in [0.1, 0.15) is 0 Å². The van der Waals surface area contributed by atoms with E-state index >= 15 is 0 Å². The first kappa shape index (κ1) is 16.5. The van der Waals surface area contributed by atoms with Crippen LogP contribution in [0, 0.1) is 0 Å². The molecule has 0 unspecified atom stereocenters. The predicted octanol–water partition coefficient (Wildman–Crippen LogP) is 4.08. The van der Waals surface area contributed by atoms with Crippen LogP contribution in [-0.2, 0) is 0 Å². The van der Waals surface area contributed by atoms with Crippen LogP contribution in [0.25, 0.3) is 0 Å². The van der Waals surface area contributed by atoms with E-state index in [9.17, 15) is 0 Å². The van der Waals surface area contributed by atoms with E-state index in [4.69, 9.17) is 16.6 Å². The summed E-state index contributed by atoms with van der Waals surface area (Å²) >= 11 is 7.97. The standard InChI is InChI=1S/C18H20ClN3S/c1-22(2)10-9-20-12-16-14-11-13(19)7-8-17(14)23-18-6-4-3-5-15(18)21-16/h3-8,11,20H,9-10,12H2,1-2H3. The Balaban J connectivity index is 1.91. The van der Waals surface area contributed by atoms with Gasteiger partial charge in [0.05, 0.1) is 11.4 Å². The molecule has 0 saturated heterocycles. The lowest BCUT2D eigenvalue weighted by Crippen LogP contribution is -2.31. The molecular formula is C18H20ClN3S. The Morgan fingerprint density at radius 1 is 1.13 bits per heavy atom. The van der Waals surface area contributed by atoms with E-state index in [1.165, 1.54) is 9.79 Å². The van der Waals surface area contributed by atoms with Crippen LogP contribution in [0.3, 0.4) is 0 Å². The van der Waals surface area contributed by atoms with Crippen molar-refractivity contribution in [1.29, 1.82) is 0 Å². The molecule has 0 fully saturated rings. The number of nitrogens with one attached hydrogen (secondary N) is 1. The van der Waals surface area contributed by atoms with E-state index < -0.39 is 0 Å². The number of rotatable bonds is 5. The van der Waals surface area contributed by atoms with Crippen molar-refractivity contribution in [1.82, 2.24) is 10.2 Å². The van der Waals surface area contributed by atoms with Crippen molar-refractivity contribution in [2.45, 2.75) is 9.79 Å². The fourth-order valence-electron chi connectivity index (χ4n) is 2.42. The van der Waals surface area contributed by atoms with Gasteiger partial charge in [-0.05, 0) is 44.4 Å². The molecule has 1 N–H and O–H groups in total. The maximum atomic E-state index is 6.22. The highest BCUT2D eigenvalue weighted by Gasteiger charge is 2.17. The van der Waals surface area contributed by atoms with Crippen LogP contribution in [0.2, 0.25) is 5.02 Å². The number of nitrogens with zero attached hydrogens (tertiary/aromatic N) is 2. The second-order valence-electron chi connectivity index (χ2n) is 5.75. The van der Waals surface area contributed by atoms with E-state index in [1.54, 1.807) is 11.8 Å². The average Bonchev–Trinajstić information content (AvgIpc) is 2.68. The molecule has 0 radical (unpaired) electrons. The Bertz CT molecular complexity index is 728. The monoisotopic (exact) mass is 345 g/mol. The maximum Gasteiger partial charge on any atom is 0.0773 e. The zero-order chi connectivity index (χ0) is 16.2. The number of hydrogen-bond acceptors (Lipinski definition) is 4. The number of fused-ring (bicyclic) bond motifs is 2. The summed E-state index contributed by atoms with van der Waals surface area (Å²) in [5.74, 6) is 0. The molecule has 0 aromatic heterocycles. The van der Waals surface area contributed by atoms with Crippen molar-refractivity contribution in [2.75, 3.05) is 33.7 Å². The Morgan fingerprint density at radius 3 is 2.78 bits per heavy atom. The fourth-order valence-corrected chi connectivity index (χ4v) is 3.62. The van der Waals surface area contributed by atoms with Crippen molar-refractivity contribution in [3.05, 3.63) is 53.1 Å². The van der Waals surface area contributed by atoms with Crippen molar-refractivity contribution in [3.63, 3.8) is 0 Å². The molecule has 0 saturated carbocycles. The van der Waals surface area contributed by atoms with Crippen molar-refractivity contribution in [2.24, 2.45) is 4.99 Å². The van der Waals surface area contributed by atoms with Gasteiger partial charge < -0.3 is 10.2 Å². The molecule has 2 aromatic carbocycles. The smallest absolute Gasteiger partial charge is 0.0773 e. The van der Waals surface area contributed by atoms with Gasteiger partial charge in [0, 0.05) is 40.0 Å². The molecule has 3 rings (SSSR count). The second-order valence-corrected chi connectivity index (χ2v) is 7.27. The van der Waals surface area contributed by atoms with Gasteiger partial charge in [-0.1, -0.05) is 35.5 Å². The average molecular weight is 346 g/mol. The Labute approximate surface area is 146 Å². The topological polar surface area (TPSA) is 27.6 Å². The first-order chi connectivity index (χ1) is 11.1. The van der Waals surface area contributed by atoms with Gasteiger partial charge in [0.25, 0.3) is 0 Å². The number of para-hydroxylation sites is 1. The third-order valence-electron chi connectivity index (χ3n) is 3.62. The third kappa shape index (κ3) is 4.15. The van der Waals surface area contributed by atoms with Crippen molar-refractivity contribution >= 4 is 34.8 Å². The van der Waals surface area contributed by atoms with Crippen LogP contribution in [0.5, 0.6) is 0 Å². The Morgan fingerprint density at radius 2 is 1.96 bits per heavy atom. The van der Waals surface area contributed by atoms with E-state index in [0.717, 1.165) is 41.6 Å². The van der Waals surface area contributed by atoms with E-state index in [2.05, 4.69) is 48.6 Å². The van der Waals surface area contributed by atoms with E-state index in [1.807, 2.05) is 18.2 Å². The van der Waals surface area contributed by atoms with E-state index in [-0.39, 0.29) is 0 Å². The summed E-state index contributed by atoms with van der Waals surface area (Å²) in [6.45, 7) is 2.66. The molecule has 1 aliphatic heterocycles. The molecule has 2 aromatic rings. The SMILES string of the molecule is CN(C)CCNCC1=Nc2ccccc2Sc2ccc(Cl)cc21. The number of benzene rings is 2. The zero-order valence-corrected chi connectivity index (χ0v) is 14.9. The van der Waals surface area contributed by atoms with Gasteiger partial charge in [-0.3, -0.25) is 4.99 Å². The molecule has 1 aliphatic rings. The van der Waals surface area contributed by atoms with Crippen LogP contribution < -0.4 is 5.32 Å². The lowest BCUT2D eigenvalue weighted by Gasteiger charge is -2.13. The van der Waals surface area contributed by atoms with Crippen LogP contribution >= 0.6 is 23.4 Å². The molecule has 0 aliphatic carbocycles. The molecule has 23 heavy (non-hydrogen) atoms. The van der Waals surface area contributed by atoms with Gasteiger partial charge >= 0.3 is 0 Å². The fraction of sp³-hybridized carbons (Fsp3) is 0.278. The van der Waals surface area contributed by atoms with E-state index in [0.29, 0.717) is 0 Å². The molecule has 1 heterocycles. The summed E-state index contributed by atoms with van der Waals surface area (Å²) < 4.78 is 0. The molecule has 120 valence electrons. The van der Waals surface area contributed by atoms with Crippen molar-refractivity contribution in [3.8, 4) is 0 Å². The highest BCUT2D eigenvalue weighted by molar-refractivity contribution is 7.99. The maximum absolute atomic E-state index is 6.22. The van der Waals surface area contributed by atoms with Crippen LogP contribution in [0.1, 0.15) is 5.56 Å². The summed E-state index contributed by atoms with van der Waals surface area (Å²) in [5, 5.41) is 4.23. The number of likely N-dealkylation sites (N-methyl/N-ethyl adjacent to an activating group) is 1. The van der Waals surface area contributed by atoms with Crippen LogP contribution in [0.4, 0.5) is 5.69 Å². The van der Waals surface area contributed by atoms with Gasteiger partial charge in [-0.2, -0.15) is 0 Å². The highest BCUT2D eigenvalue weighted by atomic mass is 35.5. The Kier molecular flexibility index (Phi) is 5.38. The lowest BCUT2D eigenvalue weighted by molar-refractivity contribution is 0.405. The molecule has 0 bridgehead atoms. The van der Waals surface area contributed by atoms with Gasteiger partial charge in [0.2, 0.25) is 0 Å². The largest absolute Gasteiger partial charge is 0.310 e. The number of hydrogen-bond donors (Lipinski definition) is 1. The van der Waals surface area contributed by atoms with Crippen LogP contribution in [0.15, 0.2) is 57.2 Å². The quantitative estimate of drug-likeness (QED) is 0.827. The minimum atomic E-state index is 0.732. The molecular weight excluding hydrogens is 326 g/mol. The normalized spacial score (nSPS) is 13.3. The number of aliphatic imine (C=N–C) groups is 1. The highest BCUT2D eigenvalue weighted by Crippen LogP contribution is 2.40. The first-order valence-corrected chi connectivity index (χ1v) is 8.83. The predicted molar refractivity (Wildman–Crippen MR) is 99.6 cm³/mol. The molecule has 3 nitrogen and oxygen atoms in total.